The van der Waals surface area contributed by atoms with Gasteiger partial charge in [-0.15, -0.1) is 0 Å². The lowest BCUT2D eigenvalue weighted by Crippen LogP contribution is -2.32. The quantitative estimate of drug-likeness (QED) is 0.469. The Bertz CT molecular complexity index is 214. The van der Waals surface area contributed by atoms with Crippen LogP contribution in [0.3, 0.4) is 0 Å². The molecule has 0 spiro atoms. The Balaban J connectivity index is 4.23. The molecule has 0 aliphatic rings. The zero-order valence-corrected chi connectivity index (χ0v) is 8.04. The van der Waals surface area contributed by atoms with Gasteiger partial charge >= 0.3 is 0 Å². The zero-order chi connectivity index (χ0) is 9.78. The van der Waals surface area contributed by atoms with E-state index in [4.69, 9.17) is 10.8 Å². The third kappa shape index (κ3) is 3.48. The fourth-order valence-electron chi connectivity index (χ4n) is 0.509. The first-order valence-corrected chi connectivity index (χ1v) is 5.27. The van der Waals surface area contributed by atoms with Crippen LogP contribution in [0.4, 0.5) is 0 Å². The van der Waals surface area contributed by atoms with Crippen molar-refractivity contribution in [2.75, 3.05) is 0 Å². The van der Waals surface area contributed by atoms with Crippen LogP contribution in [-0.4, -0.2) is 25.2 Å². The van der Waals surface area contributed by atoms with Gasteiger partial charge in [-0.1, -0.05) is 13.8 Å². The molecule has 3 N–H and O–H groups in total. The van der Waals surface area contributed by atoms with Crippen molar-refractivity contribution in [1.82, 2.24) is 0 Å². The molecule has 0 rings (SSSR count). The lowest BCUT2D eigenvalue weighted by Gasteiger charge is -2.13. The summed E-state index contributed by atoms with van der Waals surface area (Å²) < 4.78 is 26.4. The smallest absolute Gasteiger partial charge is 0.295 e. The number of hydrogen-bond donors (Lipinski definition) is 2. The molecular formula is C6H15NO4S. The Labute approximate surface area is 72.6 Å². The molecule has 2 unspecified atom stereocenters. The van der Waals surface area contributed by atoms with Crippen LogP contribution >= 0.6 is 0 Å². The van der Waals surface area contributed by atoms with Crippen molar-refractivity contribution in [3.8, 4) is 0 Å². The van der Waals surface area contributed by atoms with Crippen LogP contribution in [0.15, 0.2) is 0 Å². The number of aliphatic hydroxyl groups excluding tert-OH is 1. The molecule has 12 heavy (non-hydrogen) atoms. The molecule has 0 radical (unpaired) electrons. The fraction of sp³-hybridized carbons (Fsp3) is 1.00. The van der Waals surface area contributed by atoms with Crippen LogP contribution in [0.1, 0.15) is 26.7 Å². The maximum Gasteiger partial charge on any atom is 0.295 e. The van der Waals surface area contributed by atoms with Crippen LogP contribution in [0.25, 0.3) is 0 Å². The van der Waals surface area contributed by atoms with E-state index in [1.165, 1.54) is 0 Å². The van der Waals surface area contributed by atoms with Gasteiger partial charge < -0.3 is 10.8 Å². The maximum atomic E-state index is 11.0. The summed E-state index contributed by atoms with van der Waals surface area (Å²) >= 11 is 0. The second kappa shape index (κ2) is 4.76. The molecule has 2 atom stereocenters. The highest BCUT2D eigenvalue weighted by atomic mass is 32.2. The van der Waals surface area contributed by atoms with E-state index in [0.717, 1.165) is 0 Å². The van der Waals surface area contributed by atoms with Crippen LogP contribution in [0, 0.1) is 0 Å². The second-order valence-corrected chi connectivity index (χ2v) is 4.12. The van der Waals surface area contributed by atoms with Gasteiger partial charge in [0.25, 0.3) is 10.1 Å². The van der Waals surface area contributed by atoms with Crippen molar-refractivity contribution in [3.63, 3.8) is 0 Å². The number of aliphatic hydroxyl groups is 1. The minimum atomic E-state index is -3.89. The monoisotopic (exact) mass is 197 g/mol. The van der Waals surface area contributed by atoms with Crippen LogP contribution in [0.2, 0.25) is 0 Å². The van der Waals surface area contributed by atoms with Gasteiger partial charge in [-0.2, -0.15) is 8.42 Å². The van der Waals surface area contributed by atoms with Crippen molar-refractivity contribution < 1.29 is 17.7 Å². The van der Waals surface area contributed by atoms with E-state index in [9.17, 15) is 8.42 Å². The standard InChI is InChI=1S/C6H15NO4S/c1-3-5(7)11-12(9,10)6(8)4-2/h5-6,8H,3-4,7H2,1-2H3. The molecule has 0 saturated carbocycles. The zero-order valence-electron chi connectivity index (χ0n) is 7.23. The van der Waals surface area contributed by atoms with Gasteiger partial charge in [0.2, 0.25) is 0 Å². The molecule has 0 aromatic carbocycles. The number of hydrogen-bond acceptors (Lipinski definition) is 5. The van der Waals surface area contributed by atoms with Crippen molar-refractivity contribution >= 4 is 10.1 Å². The second-order valence-electron chi connectivity index (χ2n) is 2.40. The Morgan fingerprint density at radius 3 is 2.25 bits per heavy atom. The molecule has 6 heteroatoms. The van der Waals surface area contributed by atoms with E-state index >= 15 is 0 Å². The summed E-state index contributed by atoms with van der Waals surface area (Å²) in [6.07, 6.45) is -0.384. The molecule has 0 fully saturated rings. The first-order valence-electron chi connectivity index (χ1n) is 3.79. The van der Waals surface area contributed by atoms with Crippen molar-refractivity contribution in [1.29, 1.82) is 0 Å². The molecule has 0 aliphatic carbocycles. The Morgan fingerprint density at radius 2 is 1.92 bits per heavy atom. The lowest BCUT2D eigenvalue weighted by atomic mass is 10.5. The van der Waals surface area contributed by atoms with E-state index in [1.807, 2.05) is 0 Å². The highest BCUT2D eigenvalue weighted by Gasteiger charge is 2.23. The minimum Gasteiger partial charge on any atom is -0.375 e. The topological polar surface area (TPSA) is 89.6 Å². The van der Waals surface area contributed by atoms with Gasteiger partial charge in [-0.3, -0.25) is 0 Å². The summed E-state index contributed by atoms with van der Waals surface area (Å²) in [5.74, 6) is 0. The normalized spacial score (nSPS) is 17.3. The van der Waals surface area contributed by atoms with Gasteiger partial charge in [0.1, 0.15) is 6.23 Å². The van der Waals surface area contributed by atoms with Gasteiger partial charge in [0.15, 0.2) is 5.44 Å². The summed E-state index contributed by atoms with van der Waals surface area (Å²) in [5.41, 5.74) is 3.76. The summed E-state index contributed by atoms with van der Waals surface area (Å²) in [5, 5.41) is 8.96. The van der Waals surface area contributed by atoms with Gasteiger partial charge in [-0.25, -0.2) is 4.18 Å². The Kier molecular flexibility index (Phi) is 4.69. The predicted molar refractivity (Wildman–Crippen MR) is 44.6 cm³/mol. The van der Waals surface area contributed by atoms with E-state index in [0.29, 0.717) is 6.42 Å². The average Bonchev–Trinajstić information content (AvgIpc) is 2.02. The molecule has 0 aromatic rings. The third-order valence-electron chi connectivity index (χ3n) is 1.34. The summed E-state index contributed by atoms with van der Waals surface area (Å²) in [6.45, 7) is 3.24. The summed E-state index contributed by atoms with van der Waals surface area (Å²) in [4.78, 5) is 0. The SMILES string of the molecule is CCC(N)OS(=O)(=O)C(O)CC. The third-order valence-corrected chi connectivity index (χ3v) is 2.86. The molecule has 0 amide bonds. The number of rotatable bonds is 5. The molecule has 74 valence electrons. The first-order chi connectivity index (χ1) is 5.44. The minimum absolute atomic E-state index is 0.0960. The van der Waals surface area contributed by atoms with E-state index in [1.54, 1.807) is 13.8 Å². The van der Waals surface area contributed by atoms with Gasteiger partial charge in [-0.05, 0) is 12.8 Å². The molecule has 0 aromatic heterocycles. The number of nitrogens with two attached hydrogens (primary N) is 1. The molecule has 5 nitrogen and oxygen atoms in total. The molecule has 0 bridgehead atoms. The first kappa shape index (κ1) is 11.8. The van der Waals surface area contributed by atoms with Gasteiger partial charge in [0.05, 0.1) is 0 Å². The Morgan fingerprint density at radius 1 is 1.42 bits per heavy atom. The predicted octanol–water partition coefficient (Wildman–Crippen LogP) is -0.244. The van der Waals surface area contributed by atoms with Crippen molar-refractivity contribution in [2.45, 2.75) is 38.4 Å². The molecule has 0 aliphatic heterocycles. The molecule has 0 heterocycles. The summed E-state index contributed by atoms with van der Waals surface area (Å²) in [6, 6.07) is 0. The Hall–Kier alpha value is -0.170. The fourth-order valence-corrected chi connectivity index (χ4v) is 1.53. The molecular weight excluding hydrogens is 182 g/mol. The summed E-state index contributed by atoms with van der Waals surface area (Å²) in [7, 11) is -3.89. The van der Waals surface area contributed by atoms with Crippen molar-refractivity contribution in [2.24, 2.45) is 5.73 Å². The van der Waals surface area contributed by atoms with E-state index in [-0.39, 0.29) is 6.42 Å². The highest BCUT2D eigenvalue weighted by Crippen LogP contribution is 2.07. The van der Waals surface area contributed by atoms with Crippen LogP contribution < -0.4 is 5.73 Å². The van der Waals surface area contributed by atoms with Crippen LogP contribution in [-0.2, 0) is 14.3 Å². The van der Waals surface area contributed by atoms with Gasteiger partial charge in [0, 0.05) is 0 Å². The van der Waals surface area contributed by atoms with Crippen molar-refractivity contribution in [3.05, 3.63) is 0 Å². The van der Waals surface area contributed by atoms with E-state index < -0.39 is 21.8 Å². The van der Waals surface area contributed by atoms with E-state index in [2.05, 4.69) is 4.18 Å². The highest BCUT2D eigenvalue weighted by molar-refractivity contribution is 7.87. The largest absolute Gasteiger partial charge is 0.375 e. The average molecular weight is 197 g/mol. The molecule has 0 saturated heterocycles. The van der Waals surface area contributed by atoms with Crippen LogP contribution in [0.5, 0.6) is 0 Å². The lowest BCUT2D eigenvalue weighted by molar-refractivity contribution is 0.169. The maximum absolute atomic E-state index is 11.0.